The van der Waals surface area contributed by atoms with Crippen molar-refractivity contribution in [3.8, 4) is 22.3 Å². The van der Waals surface area contributed by atoms with Gasteiger partial charge in [0.25, 0.3) is 0 Å². The molecule has 0 spiro atoms. The molecule has 0 saturated carbocycles. The van der Waals surface area contributed by atoms with Gasteiger partial charge in [-0.3, -0.25) is 0 Å². The maximum atomic E-state index is 4.74. The number of nitrogens with zero attached hydrogens (tertiary/aromatic N) is 4. The molecule has 2 aromatic heterocycles. The summed E-state index contributed by atoms with van der Waals surface area (Å²) in [5.74, 6) is 3.11. The van der Waals surface area contributed by atoms with Gasteiger partial charge in [0, 0.05) is 38.9 Å². The van der Waals surface area contributed by atoms with E-state index in [-0.39, 0.29) is 0 Å². The average molecular weight is 730 g/mol. The van der Waals surface area contributed by atoms with Crippen molar-refractivity contribution in [3.63, 3.8) is 0 Å². The summed E-state index contributed by atoms with van der Waals surface area (Å²) in [4.78, 5) is 9.47. The third-order valence-electron chi connectivity index (χ3n) is 9.61. The molecule has 5 heteroatoms. The lowest BCUT2D eigenvalue weighted by atomic mass is 9.84. The van der Waals surface area contributed by atoms with Crippen molar-refractivity contribution in [3.05, 3.63) is 117 Å². The van der Waals surface area contributed by atoms with Gasteiger partial charge in [-0.25, -0.2) is 9.15 Å². The van der Waals surface area contributed by atoms with Crippen molar-refractivity contribution in [1.29, 1.82) is 0 Å². The maximum absolute atomic E-state index is 4.74. The topological polar surface area (TPSA) is 31.8 Å². The van der Waals surface area contributed by atoms with Gasteiger partial charge < -0.3 is 0 Å². The Balaban J connectivity index is 1.76. The molecule has 3 aromatic carbocycles. The Bertz CT molecular complexity index is 1840. The SMILES string of the molecule is CC=[N+](c1ccccn1)c1c(C(C)C)cc(-c2cc(Br)cc(-c3cc(C(C)C)c([N+](=CC)c4ccccn4)c(C(C)C)c3)c2C)cc1C(C)C. The van der Waals surface area contributed by atoms with Crippen LogP contribution in [0, 0.1) is 6.92 Å². The van der Waals surface area contributed by atoms with E-state index in [0.29, 0.717) is 23.7 Å². The van der Waals surface area contributed by atoms with Crippen molar-refractivity contribution in [2.75, 3.05) is 0 Å². The smallest absolute Gasteiger partial charge is 0.200 e. The van der Waals surface area contributed by atoms with Crippen molar-refractivity contribution < 1.29 is 0 Å². The van der Waals surface area contributed by atoms with E-state index in [1.807, 2.05) is 24.5 Å². The summed E-state index contributed by atoms with van der Waals surface area (Å²) in [7, 11) is 0. The van der Waals surface area contributed by atoms with Crippen LogP contribution in [0.25, 0.3) is 22.3 Å². The first-order chi connectivity index (χ1) is 23.9. The van der Waals surface area contributed by atoms with E-state index in [1.54, 1.807) is 0 Å². The highest BCUT2D eigenvalue weighted by Crippen LogP contribution is 2.45. The molecule has 0 aliphatic carbocycles. The van der Waals surface area contributed by atoms with Crippen LogP contribution in [0.1, 0.15) is 121 Å². The Labute approximate surface area is 308 Å². The van der Waals surface area contributed by atoms with Crippen molar-refractivity contribution in [2.45, 2.75) is 99.8 Å². The molecule has 0 aliphatic rings. The van der Waals surface area contributed by atoms with E-state index in [2.05, 4.69) is 174 Å². The lowest BCUT2D eigenvalue weighted by Gasteiger charge is -2.23. The first-order valence-electron chi connectivity index (χ1n) is 18.0. The summed E-state index contributed by atoms with van der Waals surface area (Å²) < 4.78 is 5.60. The molecule has 50 heavy (non-hydrogen) atoms. The fraction of sp³-hybridized carbons (Fsp3) is 0.333. The van der Waals surface area contributed by atoms with Crippen LogP contribution >= 0.6 is 15.9 Å². The van der Waals surface area contributed by atoms with Crippen LogP contribution < -0.4 is 9.15 Å². The van der Waals surface area contributed by atoms with Gasteiger partial charge in [-0.05, 0) is 131 Å². The largest absolute Gasteiger partial charge is 0.327 e. The fourth-order valence-electron chi connectivity index (χ4n) is 7.01. The van der Waals surface area contributed by atoms with Gasteiger partial charge in [-0.2, -0.15) is 0 Å². The van der Waals surface area contributed by atoms with Crippen LogP contribution in [-0.4, -0.2) is 22.4 Å². The van der Waals surface area contributed by atoms with Gasteiger partial charge in [-0.15, -0.1) is 0 Å². The Kier molecular flexibility index (Phi) is 11.7. The Morgan fingerprint density at radius 1 is 0.540 bits per heavy atom. The summed E-state index contributed by atoms with van der Waals surface area (Å²) in [6, 6.07) is 26.5. The number of rotatable bonds is 10. The first-order valence-corrected chi connectivity index (χ1v) is 18.8. The minimum atomic E-state index is 0.313. The second kappa shape index (κ2) is 15.8. The van der Waals surface area contributed by atoms with Gasteiger partial charge in [0.2, 0.25) is 0 Å². The van der Waals surface area contributed by atoms with Crippen LogP contribution in [-0.2, 0) is 0 Å². The minimum absolute atomic E-state index is 0.313. The normalized spacial score (nSPS) is 12.6. The highest BCUT2D eigenvalue weighted by Gasteiger charge is 2.27. The van der Waals surface area contributed by atoms with E-state index < -0.39 is 0 Å². The van der Waals surface area contributed by atoms with Crippen LogP contribution in [0.3, 0.4) is 0 Å². The molecule has 0 radical (unpaired) electrons. The molecule has 4 nitrogen and oxygen atoms in total. The number of benzene rings is 3. The quantitative estimate of drug-likeness (QED) is 0.106. The highest BCUT2D eigenvalue weighted by molar-refractivity contribution is 9.10. The Morgan fingerprint density at radius 2 is 0.880 bits per heavy atom. The van der Waals surface area contributed by atoms with E-state index in [0.717, 1.165) is 16.1 Å². The molecule has 0 N–H and O–H groups in total. The average Bonchev–Trinajstić information content (AvgIpc) is 3.10. The number of aromatic nitrogens is 2. The molecule has 0 fully saturated rings. The maximum Gasteiger partial charge on any atom is 0.327 e. The lowest BCUT2D eigenvalue weighted by Crippen LogP contribution is -2.13. The summed E-state index contributed by atoms with van der Waals surface area (Å²) in [5, 5.41) is 0. The molecule has 2 heterocycles. The van der Waals surface area contributed by atoms with E-state index in [9.17, 15) is 0 Å². The lowest BCUT2D eigenvalue weighted by molar-refractivity contribution is 0.810. The van der Waals surface area contributed by atoms with E-state index in [1.165, 1.54) is 61.4 Å². The molecule has 0 bridgehead atoms. The summed E-state index contributed by atoms with van der Waals surface area (Å²) in [6.45, 7) is 24.8. The van der Waals surface area contributed by atoms with Crippen molar-refractivity contribution in [1.82, 2.24) is 19.1 Å². The van der Waals surface area contributed by atoms with Gasteiger partial charge in [0.05, 0.1) is 12.4 Å². The van der Waals surface area contributed by atoms with Gasteiger partial charge in [-0.1, -0.05) is 83.5 Å². The van der Waals surface area contributed by atoms with Crippen LogP contribution in [0.4, 0.5) is 23.0 Å². The summed E-state index contributed by atoms with van der Waals surface area (Å²) in [6.07, 6.45) is 8.03. The molecule has 0 aliphatic heterocycles. The predicted octanol–water partition coefficient (Wildman–Crippen LogP) is 13.2. The third kappa shape index (κ3) is 7.44. The summed E-state index contributed by atoms with van der Waals surface area (Å²) in [5.41, 5.74) is 14.0. The van der Waals surface area contributed by atoms with Gasteiger partial charge in [0.1, 0.15) is 23.8 Å². The number of halogens is 1. The standard InChI is InChI=1S/C45H53BrN4/c1-12-49(42-18-14-16-20-47-42)44-36(28(3)4)22-33(23-37(44)29(5)6)40-26-35(46)27-41(32(40)11)34-24-38(30(7)8)45(39(25-34)31(9)10)50(13-2)43-19-15-17-21-48-43/h12-31H,1-11H3/q+2. The monoisotopic (exact) mass is 728 g/mol. The number of hydrogen-bond donors (Lipinski definition) is 0. The second-order valence-electron chi connectivity index (χ2n) is 14.4. The van der Waals surface area contributed by atoms with E-state index >= 15 is 0 Å². The Hall–Kier alpha value is -4.22. The fourth-order valence-corrected chi connectivity index (χ4v) is 7.47. The molecule has 0 atom stereocenters. The predicted molar refractivity (Wildman–Crippen MR) is 221 cm³/mol. The van der Waals surface area contributed by atoms with Gasteiger partial charge in [0.15, 0.2) is 0 Å². The zero-order chi connectivity index (χ0) is 36.3. The van der Waals surface area contributed by atoms with Gasteiger partial charge >= 0.3 is 11.6 Å². The number of pyridine rings is 2. The molecule has 0 amide bonds. The van der Waals surface area contributed by atoms with Crippen molar-refractivity contribution >= 4 is 51.4 Å². The zero-order valence-electron chi connectivity index (χ0n) is 31.7. The molecular weight excluding hydrogens is 676 g/mol. The first kappa shape index (κ1) is 37.0. The van der Waals surface area contributed by atoms with E-state index in [4.69, 9.17) is 9.97 Å². The summed E-state index contributed by atoms with van der Waals surface area (Å²) >= 11 is 3.95. The zero-order valence-corrected chi connectivity index (χ0v) is 33.3. The van der Waals surface area contributed by atoms with Crippen LogP contribution in [0.15, 0.2) is 89.7 Å². The second-order valence-corrected chi connectivity index (χ2v) is 15.3. The van der Waals surface area contributed by atoms with Crippen LogP contribution in [0.5, 0.6) is 0 Å². The van der Waals surface area contributed by atoms with Crippen molar-refractivity contribution in [2.24, 2.45) is 0 Å². The molecule has 0 unspecified atom stereocenters. The third-order valence-corrected chi connectivity index (χ3v) is 10.1. The highest BCUT2D eigenvalue weighted by atomic mass is 79.9. The molecular formula is C45H53BrN4+2. The van der Waals surface area contributed by atoms with Crippen LogP contribution in [0.2, 0.25) is 0 Å². The molecule has 258 valence electrons. The molecule has 5 aromatic rings. The molecule has 0 saturated heterocycles. The molecule has 5 rings (SSSR count). The Morgan fingerprint density at radius 3 is 1.14 bits per heavy atom. The minimum Gasteiger partial charge on any atom is -0.200 e. The number of hydrogen-bond acceptors (Lipinski definition) is 2.